The van der Waals surface area contributed by atoms with Crippen molar-refractivity contribution < 1.29 is 18.0 Å². The van der Waals surface area contributed by atoms with Crippen LogP contribution < -0.4 is 10.9 Å². The van der Waals surface area contributed by atoms with Gasteiger partial charge in [0.25, 0.3) is 5.91 Å². The van der Waals surface area contributed by atoms with E-state index in [1.807, 2.05) is 0 Å². The third kappa shape index (κ3) is 6.46. The van der Waals surface area contributed by atoms with Gasteiger partial charge in [-0.05, 0) is 42.5 Å². The lowest BCUT2D eigenvalue weighted by molar-refractivity contribution is -0.119. The Kier molecular flexibility index (Phi) is 8.51. The van der Waals surface area contributed by atoms with Gasteiger partial charge in [-0.25, -0.2) is 8.42 Å². The Morgan fingerprint density at radius 3 is 2.31 bits per heavy atom. The highest BCUT2D eigenvalue weighted by Gasteiger charge is 2.22. The van der Waals surface area contributed by atoms with Crippen molar-refractivity contribution in [3.63, 3.8) is 0 Å². The SMILES string of the molecule is CCN(CC)S(=O)(=O)c1cccc(C(=O)NNC(=O)CSc2ccc(Cl)cc2)c1. The fourth-order valence-corrected chi connectivity index (χ4v) is 4.75. The summed E-state index contributed by atoms with van der Waals surface area (Å²) < 4.78 is 26.5. The average Bonchev–Trinajstić information content (AvgIpc) is 2.72. The molecule has 156 valence electrons. The fourth-order valence-electron chi connectivity index (χ4n) is 2.42. The first-order chi connectivity index (χ1) is 13.8. The third-order valence-electron chi connectivity index (χ3n) is 3.94. The zero-order valence-electron chi connectivity index (χ0n) is 16.0. The van der Waals surface area contributed by atoms with Crippen LogP contribution in [0.4, 0.5) is 0 Å². The van der Waals surface area contributed by atoms with E-state index in [2.05, 4.69) is 10.9 Å². The molecule has 2 aromatic carbocycles. The molecule has 0 aliphatic carbocycles. The van der Waals surface area contributed by atoms with Gasteiger partial charge in [-0.1, -0.05) is 31.5 Å². The minimum Gasteiger partial charge on any atom is -0.272 e. The van der Waals surface area contributed by atoms with Crippen LogP contribution in [0, 0.1) is 0 Å². The van der Waals surface area contributed by atoms with E-state index in [-0.39, 0.29) is 16.2 Å². The number of nitrogens with zero attached hydrogens (tertiary/aromatic N) is 1. The van der Waals surface area contributed by atoms with Gasteiger partial charge < -0.3 is 0 Å². The molecule has 0 spiro atoms. The molecule has 29 heavy (non-hydrogen) atoms. The fraction of sp³-hybridized carbons (Fsp3) is 0.263. The Balaban J connectivity index is 1.95. The summed E-state index contributed by atoms with van der Waals surface area (Å²) in [5, 5.41) is 0.608. The molecule has 7 nitrogen and oxygen atoms in total. The van der Waals surface area contributed by atoms with E-state index in [4.69, 9.17) is 11.6 Å². The normalized spacial score (nSPS) is 11.3. The first kappa shape index (κ1) is 23.2. The monoisotopic (exact) mass is 455 g/mol. The predicted molar refractivity (Wildman–Crippen MR) is 114 cm³/mol. The van der Waals surface area contributed by atoms with Crippen LogP contribution in [-0.4, -0.2) is 43.4 Å². The second kappa shape index (κ2) is 10.6. The van der Waals surface area contributed by atoms with Crippen molar-refractivity contribution in [2.24, 2.45) is 0 Å². The van der Waals surface area contributed by atoms with E-state index >= 15 is 0 Å². The number of hydrazine groups is 1. The van der Waals surface area contributed by atoms with Crippen molar-refractivity contribution in [3.05, 3.63) is 59.1 Å². The second-order valence-electron chi connectivity index (χ2n) is 5.86. The highest BCUT2D eigenvalue weighted by Crippen LogP contribution is 2.20. The quantitative estimate of drug-likeness (QED) is 0.471. The summed E-state index contributed by atoms with van der Waals surface area (Å²) in [5.41, 5.74) is 4.75. The zero-order valence-corrected chi connectivity index (χ0v) is 18.4. The van der Waals surface area contributed by atoms with Crippen LogP contribution in [0.15, 0.2) is 58.3 Å². The van der Waals surface area contributed by atoms with Crippen molar-refractivity contribution in [2.75, 3.05) is 18.8 Å². The van der Waals surface area contributed by atoms with Gasteiger partial charge in [-0.3, -0.25) is 20.4 Å². The van der Waals surface area contributed by atoms with Crippen molar-refractivity contribution in [1.82, 2.24) is 15.2 Å². The van der Waals surface area contributed by atoms with Crippen LogP contribution in [0.2, 0.25) is 5.02 Å². The second-order valence-corrected chi connectivity index (χ2v) is 9.29. The van der Waals surface area contributed by atoms with Gasteiger partial charge in [0.05, 0.1) is 10.6 Å². The van der Waals surface area contributed by atoms with E-state index < -0.39 is 21.8 Å². The Morgan fingerprint density at radius 1 is 1.03 bits per heavy atom. The van der Waals surface area contributed by atoms with Crippen LogP contribution in [-0.2, 0) is 14.8 Å². The Hall–Kier alpha value is -2.07. The van der Waals surface area contributed by atoms with Crippen LogP contribution in [0.5, 0.6) is 0 Å². The van der Waals surface area contributed by atoms with Crippen molar-refractivity contribution in [2.45, 2.75) is 23.6 Å². The minimum atomic E-state index is -3.68. The maximum atomic E-state index is 12.6. The van der Waals surface area contributed by atoms with E-state index in [9.17, 15) is 18.0 Å². The molecule has 0 aromatic heterocycles. The smallest absolute Gasteiger partial charge is 0.269 e. The van der Waals surface area contributed by atoms with Gasteiger partial charge in [-0.15, -0.1) is 11.8 Å². The summed E-state index contributed by atoms with van der Waals surface area (Å²) in [6.07, 6.45) is 0. The van der Waals surface area contributed by atoms with Crippen molar-refractivity contribution in [3.8, 4) is 0 Å². The van der Waals surface area contributed by atoms with Crippen LogP contribution in [0.25, 0.3) is 0 Å². The summed E-state index contributed by atoms with van der Waals surface area (Å²) in [5.74, 6) is -0.908. The third-order valence-corrected chi connectivity index (χ3v) is 7.25. The zero-order chi connectivity index (χ0) is 21.4. The molecular weight excluding hydrogens is 434 g/mol. The molecule has 2 N–H and O–H groups in total. The lowest BCUT2D eigenvalue weighted by Crippen LogP contribution is -2.42. The van der Waals surface area contributed by atoms with Gasteiger partial charge in [0.2, 0.25) is 15.9 Å². The molecule has 0 bridgehead atoms. The summed E-state index contributed by atoms with van der Waals surface area (Å²) in [4.78, 5) is 25.1. The maximum Gasteiger partial charge on any atom is 0.269 e. The number of carbonyl (C=O) groups is 2. The summed E-state index contributed by atoms with van der Waals surface area (Å²) in [6, 6.07) is 12.7. The Bertz CT molecular complexity index is 962. The number of sulfonamides is 1. The van der Waals surface area contributed by atoms with Gasteiger partial charge in [0.1, 0.15) is 0 Å². The van der Waals surface area contributed by atoms with Gasteiger partial charge in [0.15, 0.2) is 0 Å². The van der Waals surface area contributed by atoms with Gasteiger partial charge >= 0.3 is 0 Å². The number of benzene rings is 2. The maximum absolute atomic E-state index is 12.6. The molecule has 0 radical (unpaired) electrons. The number of hydrogen-bond acceptors (Lipinski definition) is 5. The largest absolute Gasteiger partial charge is 0.272 e. The van der Waals surface area contributed by atoms with Crippen LogP contribution >= 0.6 is 23.4 Å². The molecule has 0 fully saturated rings. The van der Waals surface area contributed by atoms with Crippen LogP contribution in [0.1, 0.15) is 24.2 Å². The van der Waals surface area contributed by atoms with Gasteiger partial charge in [-0.2, -0.15) is 4.31 Å². The lowest BCUT2D eigenvalue weighted by Gasteiger charge is -2.18. The highest BCUT2D eigenvalue weighted by atomic mass is 35.5. The number of hydrogen-bond donors (Lipinski definition) is 2. The topological polar surface area (TPSA) is 95.6 Å². The molecule has 10 heteroatoms. The van der Waals surface area contributed by atoms with E-state index in [0.717, 1.165) is 4.90 Å². The van der Waals surface area contributed by atoms with Crippen molar-refractivity contribution >= 4 is 45.2 Å². The molecule has 0 unspecified atom stereocenters. The molecule has 0 aliphatic rings. The molecule has 2 rings (SSSR count). The summed E-state index contributed by atoms with van der Waals surface area (Å²) in [7, 11) is -3.68. The first-order valence-corrected chi connectivity index (χ1v) is 11.7. The molecular formula is C19H22ClN3O4S2. The van der Waals surface area contributed by atoms with E-state index in [0.29, 0.717) is 18.1 Å². The molecule has 2 aromatic rings. The molecule has 0 saturated heterocycles. The Labute approximate surface area is 179 Å². The highest BCUT2D eigenvalue weighted by molar-refractivity contribution is 8.00. The predicted octanol–water partition coefficient (Wildman–Crippen LogP) is 2.92. The molecule has 2 amide bonds. The number of nitrogens with one attached hydrogen (secondary N) is 2. The number of rotatable bonds is 8. The molecule has 0 heterocycles. The van der Waals surface area contributed by atoms with Crippen LogP contribution in [0.3, 0.4) is 0 Å². The summed E-state index contributed by atoms with van der Waals surface area (Å²) in [6.45, 7) is 4.15. The number of amides is 2. The first-order valence-electron chi connectivity index (χ1n) is 8.85. The number of thioether (sulfide) groups is 1. The molecule has 0 aliphatic heterocycles. The van der Waals surface area contributed by atoms with E-state index in [1.54, 1.807) is 38.1 Å². The lowest BCUT2D eigenvalue weighted by atomic mass is 10.2. The standard InChI is InChI=1S/C19H22ClN3O4S2/c1-3-23(4-2)29(26,27)17-7-5-6-14(12-17)19(25)22-21-18(24)13-28-16-10-8-15(20)9-11-16/h5-12H,3-4,13H2,1-2H3,(H,21,24)(H,22,25). The van der Waals surface area contributed by atoms with Gasteiger partial charge in [0, 0.05) is 28.6 Å². The average molecular weight is 456 g/mol. The minimum absolute atomic E-state index is 0.0264. The number of carbonyl (C=O) groups excluding carboxylic acids is 2. The van der Waals surface area contributed by atoms with Crippen molar-refractivity contribution in [1.29, 1.82) is 0 Å². The summed E-state index contributed by atoms with van der Waals surface area (Å²) >= 11 is 7.11. The van der Waals surface area contributed by atoms with E-state index in [1.165, 1.54) is 40.3 Å². The molecule has 0 saturated carbocycles. The number of halogens is 1. The Morgan fingerprint density at radius 2 is 1.69 bits per heavy atom. The molecule has 0 atom stereocenters.